The van der Waals surface area contributed by atoms with E-state index >= 15 is 0 Å². The van der Waals surface area contributed by atoms with Gasteiger partial charge in [-0.25, -0.2) is 4.98 Å². The number of imidazole rings is 1. The van der Waals surface area contributed by atoms with E-state index in [2.05, 4.69) is 20.9 Å². The summed E-state index contributed by atoms with van der Waals surface area (Å²) in [7, 11) is 1.65. The number of nitrogen functional groups attached to an aromatic ring is 1. The predicted octanol–water partition coefficient (Wildman–Crippen LogP) is 3.35. The van der Waals surface area contributed by atoms with Gasteiger partial charge >= 0.3 is 0 Å². The normalized spacial score (nSPS) is 10.8. The molecule has 0 radical (unpaired) electrons. The molecule has 4 nitrogen and oxygen atoms in total. The Morgan fingerprint density at radius 1 is 1.21 bits per heavy atom. The first-order valence-corrected chi connectivity index (χ1v) is 6.57. The van der Waals surface area contributed by atoms with E-state index in [4.69, 9.17) is 10.5 Å². The summed E-state index contributed by atoms with van der Waals surface area (Å²) in [5.41, 5.74) is 8.47. The molecule has 0 amide bonds. The lowest BCUT2D eigenvalue weighted by molar-refractivity contribution is 0.416. The Morgan fingerprint density at radius 2 is 2.00 bits per heavy atom. The molecule has 0 atom stereocenters. The summed E-state index contributed by atoms with van der Waals surface area (Å²) in [4.78, 5) is 4.55. The fourth-order valence-corrected chi connectivity index (χ4v) is 2.73. The molecule has 0 aliphatic heterocycles. The summed E-state index contributed by atoms with van der Waals surface area (Å²) >= 11 is 3.46. The molecule has 3 rings (SSSR count). The Morgan fingerprint density at radius 3 is 2.79 bits per heavy atom. The summed E-state index contributed by atoms with van der Waals surface area (Å²) in [6.45, 7) is 0. The molecule has 19 heavy (non-hydrogen) atoms. The van der Waals surface area contributed by atoms with Gasteiger partial charge in [-0.05, 0) is 40.2 Å². The Balaban J connectivity index is 2.35. The van der Waals surface area contributed by atoms with Gasteiger partial charge in [0.25, 0.3) is 0 Å². The van der Waals surface area contributed by atoms with Crippen molar-refractivity contribution in [2.45, 2.75) is 0 Å². The van der Waals surface area contributed by atoms with E-state index < -0.39 is 0 Å². The van der Waals surface area contributed by atoms with Gasteiger partial charge in [-0.15, -0.1) is 0 Å². The van der Waals surface area contributed by atoms with Gasteiger partial charge in [0, 0.05) is 6.20 Å². The number of nitrogens with two attached hydrogens (primary N) is 1. The first-order valence-electron chi connectivity index (χ1n) is 5.78. The summed E-state index contributed by atoms with van der Waals surface area (Å²) in [5, 5.41) is 0. The summed E-state index contributed by atoms with van der Waals surface area (Å²) in [6, 6.07) is 11.5. The molecule has 0 aliphatic carbocycles. The highest BCUT2D eigenvalue weighted by Gasteiger charge is 2.15. The molecule has 0 bridgehead atoms. The zero-order valence-corrected chi connectivity index (χ0v) is 11.9. The minimum Gasteiger partial charge on any atom is -0.496 e. The monoisotopic (exact) mass is 317 g/mol. The molecule has 0 saturated heterocycles. The summed E-state index contributed by atoms with van der Waals surface area (Å²) in [5.74, 6) is 1.58. The van der Waals surface area contributed by atoms with Crippen molar-refractivity contribution < 1.29 is 4.74 Å². The van der Waals surface area contributed by atoms with E-state index in [1.165, 1.54) is 0 Å². The molecule has 0 spiro atoms. The molecule has 2 N–H and O–H groups in total. The second-order valence-corrected chi connectivity index (χ2v) is 4.86. The molecule has 3 aromatic rings. The Labute approximate surface area is 119 Å². The van der Waals surface area contributed by atoms with Gasteiger partial charge in [0.2, 0.25) is 0 Å². The van der Waals surface area contributed by atoms with Gasteiger partial charge < -0.3 is 10.5 Å². The van der Waals surface area contributed by atoms with Crippen molar-refractivity contribution in [3.05, 3.63) is 47.2 Å². The molecule has 0 aliphatic rings. The van der Waals surface area contributed by atoms with Crippen LogP contribution >= 0.6 is 15.9 Å². The van der Waals surface area contributed by atoms with Crippen molar-refractivity contribution in [2.75, 3.05) is 12.8 Å². The van der Waals surface area contributed by atoms with Crippen LogP contribution in [0, 0.1) is 0 Å². The van der Waals surface area contributed by atoms with Gasteiger partial charge in [-0.2, -0.15) is 0 Å². The third-order valence-corrected chi connectivity index (χ3v) is 3.55. The van der Waals surface area contributed by atoms with Crippen LogP contribution in [0.15, 0.2) is 47.2 Å². The van der Waals surface area contributed by atoms with Crippen LogP contribution in [-0.4, -0.2) is 16.5 Å². The van der Waals surface area contributed by atoms with Crippen molar-refractivity contribution in [3.63, 3.8) is 0 Å². The first kappa shape index (κ1) is 12.0. The zero-order valence-electron chi connectivity index (χ0n) is 10.3. The second kappa shape index (κ2) is 4.59. The molecule has 0 saturated carbocycles. The van der Waals surface area contributed by atoms with Crippen LogP contribution in [0.4, 0.5) is 5.69 Å². The van der Waals surface area contributed by atoms with Crippen molar-refractivity contribution in [1.82, 2.24) is 9.38 Å². The van der Waals surface area contributed by atoms with Crippen LogP contribution in [-0.2, 0) is 0 Å². The number of hydrogen-bond acceptors (Lipinski definition) is 3. The summed E-state index contributed by atoms with van der Waals surface area (Å²) in [6.07, 6.45) is 1.94. The number of hydrogen-bond donors (Lipinski definition) is 1. The third kappa shape index (κ3) is 1.86. The van der Waals surface area contributed by atoms with Crippen LogP contribution in [0.2, 0.25) is 0 Å². The average Bonchev–Trinajstić information content (AvgIpc) is 2.77. The smallest absolute Gasteiger partial charge is 0.149 e. The van der Waals surface area contributed by atoms with Crippen molar-refractivity contribution in [1.29, 1.82) is 0 Å². The number of methoxy groups -OCH3 is 1. The molecule has 1 aromatic carbocycles. The maximum Gasteiger partial charge on any atom is 0.149 e. The van der Waals surface area contributed by atoms with Crippen LogP contribution in [0.5, 0.6) is 5.75 Å². The van der Waals surface area contributed by atoms with Gasteiger partial charge in [0.1, 0.15) is 21.7 Å². The third-order valence-electron chi connectivity index (χ3n) is 3.00. The van der Waals surface area contributed by atoms with Gasteiger partial charge in [-0.3, -0.25) is 4.40 Å². The number of ether oxygens (including phenoxy) is 1. The maximum absolute atomic E-state index is 6.00. The molecular formula is C14H12BrN3O. The highest BCUT2D eigenvalue weighted by Crippen LogP contribution is 2.33. The van der Waals surface area contributed by atoms with E-state index in [1.54, 1.807) is 7.11 Å². The van der Waals surface area contributed by atoms with E-state index in [1.807, 2.05) is 47.0 Å². The van der Waals surface area contributed by atoms with E-state index in [0.717, 1.165) is 27.3 Å². The minimum absolute atomic E-state index is 0.683. The highest BCUT2D eigenvalue weighted by atomic mass is 79.9. The van der Waals surface area contributed by atoms with Crippen LogP contribution in [0.1, 0.15) is 0 Å². The SMILES string of the molecule is COc1ccccc1-c1nc(Br)c2c(N)cccn12. The van der Waals surface area contributed by atoms with Crippen molar-refractivity contribution in [2.24, 2.45) is 0 Å². The van der Waals surface area contributed by atoms with E-state index in [9.17, 15) is 0 Å². The maximum atomic E-state index is 6.00. The lowest BCUT2D eigenvalue weighted by Gasteiger charge is -2.07. The van der Waals surface area contributed by atoms with Crippen LogP contribution < -0.4 is 10.5 Å². The number of nitrogens with zero attached hydrogens (tertiary/aromatic N) is 2. The highest BCUT2D eigenvalue weighted by molar-refractivity contribution is 9.10. The number of anilines is 1. The Hall–Kier alpha value is -2.01. The first-order chi connectivity index (χ1) is 9.22. The van der Waals surface area contributed by atoms with Gasteiger partial charge in [0.05, 0.1) is 18.4 Å². The average molecular weight is 318 g/mol. The fourth-order valence-electron chi connectivity index (χ4n) is 2.14. The molecule has 0 fully saturated rings. The number of benzene rings is 1. The number of rotatable bonds is 2. The summed E-state index contributed by atoms with van der Waals surface area (Å²) < 4.78 is 8.07. The number of para-hydroxylation sites is 1. The zero-order chi connectivity index (χ0) is 13.4. The minimum atomic E-state index is 0.683. The van der Waals surface area contributed by atoms with Crippen molar-refractivity contribution in [3.8, 4) is 17.1 Å². The number of aromatic nitrogens is 2. The Kier molecular flexibility index (Phi) is 2.91. The van der Waals surface area contributed by atoms with Crippen LogP contribution in [0.3, 0.4) is 0 Å². The molecule has 96 valence electrons. The number of pyridine rings is 1. The van der Waals surface area contributed by atoms with Gasteiger partial charge in [0.15, 0.2) is 0 Å². The Bertz CT molecular complexity index is 752. The topological polar surface area (TPSA) is 52.5 Å². The van der Waals surface area contributed by atoms with Crippen LogP contribution in [0.25, 0.3) is 16.9 Å². The van der Waals surface area contributed by atoms with E-state index in [0.29, 0.717) is 5.69 Å². The second-order valence-electron chi connectivity index (χ2n) is 4.11. The number of halogens is 1. The lowest BCUT2D eigenvalue weighted by atomic mass is 10.2. The molecular weight excluding hydrogens is 306 g/mol. The van der Waals surface area contributed by atoms with Gasteiger partial charge in [-0.1, -0.05) is 12.1 Å². The largest absolute Gasteiger partial charge is 0.496 e. The standard InChI is InChI=1S/C14H12BrN3O/c1-19-11-7-3-2-5-9(11)14-17-13(15)12-10(16)6-4-8-18(12)14/h2-8H,16H2,1H3. The molecule has 5 heteroatoms. The lowest BCUT2D eigenvalue weighted by Crippen LogP contribution is -1.94. The predicted molar refractivity (Wildman–Crippen MR) is 79.3 cm³/mol. The number of fused-ring (bicyclic) bond motifs is 1. The molecule has 2 heterocycles. The quantitative estimate of drug-likeness (QED) is 0.788. The molecule has 2 aromatic heterocycles. The van der Waals surface area contributed by atoms with Crippen molar-refractivity contribution >= 4 is 27.1 Å². The molecule has 0 unspecified atom stereocenters. The fraction of sp³-hybridized carbons (Fsp3) is 0.0714. The van der Waals surface area contributed by atoms with E-state index in [-0.39, 0.29) is 0 Å².